The van der Waals surface area contributed by atoms with E-state index in [0.29, 0.717) is 19.8 Å². The highest BCUT2D eigenvalue weighted by atomic mass is 16.5. The minimum Gasteiger partial charge on any atom is -0.493 e. The minimum atomic E-state index is 0.608. The third kappa shape index (κ3) is 4.50. The number of para-hydroxylation sites is 3. The minimum absolute atomic E-state index is 0.608. The lowest BCUT2D eigenvalue weighted by Crippen LogP contribution is -2.06. The van der Waals surface area contributed by atoms with Gasteiger partial charge in [0.15, 0.2) is 11.5 Å². The Morgan fingerprint density at radius 2 is 1.30 bits per heavy atom. The van der Waals surface area contributed by atoms with Crippen LogP contribution in [0.25, 0.3) is 0 Å². The number of hydrogen-bond acceptors (Lipinski definition) is 3. The Hall–Kier alpha value is -2.16. The molecule has 0 radical (unpaired) electrons. The largest absolute Gasteiger partial charge is 0.493 e. The Kier molecular flexibility index (Phi) is 5.77. The molecule has 0 bridgehead atoms. The summed E-state index contributed by atoms with van der Waals surface area (Å²) in [5, 5.41) is 0. The zero-order chi connectivity index (χ0) is 14.0. The maximum Gasteiger partial charge on any atom is 0.161 e. The molecule has 0 aliphatic carbocycles. The average molecular weight is 272 g/mol. The van der Waals surface area contributed by atoms with Crippen molar-refractivity contribution in [1.29, 1.82) is 0 Å². The molecule has 2 rings (SSSR count). The maximum absolute atomic E-state index is 5.72. The molecule has 0 aliphatic rings. The van der Waals surface area contributed by atoms with Crippen LogP contribution in [-0.2, 0) is 0 Å². The molecule has 0 aromatic heterocycles. The normalized spacial score (nSPS) is 10.1. The van der Waals surface area contributed by atoms with Gasteiger partial charge in [-0.1, -0.05) is 30.3 Å². The first-order chi connectivity index (χ1) is 9.90. The van der Waals surface area contributed by atoms with Crippen LogP contribution >= 0.6 is 0 Å². The molecule has 0 heterocycles. The van der Waals surface area contributed by atoms with Crippen LogP contribution in [-0.4, -0.2) is 19.8 Å². The van der Waals surface area contributed by atoms with Crippen LogP contribution in [0.2, 0.25) is 0 Å². The van der Waals surface area contributed by atoms with Crippen LogP contribution in [0.3, 0.4) is 0 Å². The lowest BCUT2D eigenvalue weighted by Gasteiger charge is -2.11. The molecule has 3 nitrogen and oxygen atoms in total. The Bertz CT molecular complexity index is 497. The van der Waals surface area contributed by atoms with Crippen LogP contribution < -0.4 is 14.2 Å². The number of hydrogen-bond donors (Lipinski definition) is 0. The third-order valence-electron chi connectivity index (χ3n) is 2.71. The van der Waals surface area contributed by atoms with Gasteiger partial charge in [-0.15, -0.1) is 0 Å². The first-order valence-corrected chi connectivity index (χ1v) is 6.92. The molecule has 2 aromatic rings. The van der Waals surface area contributed by atoms with Crippen molar-refractivity contribution < 1.29 is 14.2 Å². The molecule has 0 saturated carbocycles. The molecule has 2 aromatic carbocycles. The van der Waals surface area contributed by atoms with Crippen molar-refractivity contribution in [2.45, 2.75) is 13.3 Å². The van der Waals surface area contributed by atoms with E-state index in [1.54, 1.807) is 0 Å². The van der Waals surface area contributed by atoms with Crippen LogP contribution in [0.5, 0.6) is 17.2 Å². The van der Waals surface area contributed by atoms with E-state index < -0.39 is 0 Å². The SMILES string of the molecule is CCOc1ccccc1OCCCOc1ccccc1. The van der Waals surface area contributed by atoms with Crippen molar-refractivity contribution in [2.24, 2.45) is 0 Å². The monoisotopic (exact) mass is 272 g/mol. The smallest absolute Gasteiger partial charge is 0.161 e. The van der Waals surface area contributed by atoms with Gasteiger partial charge in [0.2, 0.25) is 0 Å². The van der Waals surface area contributed by atoms with E-state index in [0.717, 1.165) is 23.7 Å². The van der Waals surface area contributed by atoms with Gasteiger partial charge in [0.25, 0.3) is 0 Å². The van der Waals surface area contributed by atoms with E-state index in [1.807, 2.05) is 61.5 Å². The quantitative estimate of drug-likeness (QED) is 0.681. The molecule has 106 valence electrons. The molecular weight excluding hydrogens is 252 g/mol. The second-order valence-corrected chi connectivity index (χ2v) is 4.24. The van der Waals surface area contributed by atoms with Gasteiger partial charge in [-0.25, -0.2) is 0 Å². The second kappa shape index (κ2) is 8.10. The second-order valence-electron chi connectivity index (χ2n) is 4.24. The molecule has 3 heteroatoms. The molecule has 0 unspecified atom stereocenters. The molecular formula is C17H20O3. The van der Waals surface area contributed by atoms with Gasteiger partial charge in [0.1, 0.15) is 5.75 Å². The Balaban J connectivity index is 1.71. The first-order valence-electron chi connectivity index (χ1n) is 6.92. The van der Waals surface area contributed by atoms with E-state index in [9.17, 15) is 0 Å². The molecule has 0 amide bonds. The fourth-order valence-corrected chi connectivity index (χ4v) is 1.79. The summed E-state index contributed by atoms with van der Waals surface area (Å²) in [6, 6.07) is 17.5. The number of ether oxygens (including phenoxy) is 3. The van der Waals surface area contributed by atoms with Crippen LogP contribution in [0.1, 0.15) is 13.3 Å². The van der Waals surface area contributed by atoms with E-state index in [4.69, 9.17) is 14.2 Å². The highest BCUT2D eigenvalue weighted by Gasteiger charge is 2.02. The van der Waals surface area contributed by atoms with Crippen molar-refractivity contribution >= 4 is 0 Å². The maximum atomic E-state index is 5.72. The third-order valence-corrected chi connectivity index (χ3v) is 2.71. The molecule has 20 heavy (non-hydrogen) atoms. The van der Waals surface area contributed by atoms with Crippen molar-refractivity contribution in [2.75, 3.05) is 19.8 Å². The predicted molar refractivity (Wildman–Crippen MR) is 79.7 cm³/mol. The molecule has 0 spiro atoms. The lowest BCUT2D eigenvalue weighted by molar-refractivity contribution is 0.236. The van der Waals surface area contributed by atoms with Gasteiger partial charge in [-0.3, -0.25) is 0 Å². The summed E-state index contributed by atoms with van der Waals surface area (Å²) in [5.74, 6) is 2.47. The molecule has 0 aliphatic heterocycles. The number of benzene rings is 2. The highest BCUT2D eigenvalue weighted by molar-refractivity contribution is 5.39. The topological polar surface area (TPSA) is 27.7 Å². The standard InChI is InChI=1S/C17H20O3/c1-2-18-16-11-6-7-12-17(16)20-14-8-13-19-15-9-4-3-5-10-15/h3-7,9-12H,2,8,13-14H2,1H3. The van der Waals surface area contributed by atoms with Gasteiger partial charge in [-0.05, 0) is 31.2 Å². The van der Waals surface area contributed by atoms with Gasteiger partial charge in [-0.2, -0.15) is 0 Å². The molecule has 0 saturated heterocycles. The Labute approximate surface area is 120 Å². The van der Waals surface area contributed by atoms with Gasteiger partial charge in [0, 0.05) is 6.42 Å². The van der Waals surface area contributed by atoms with Gasteiger partial charge < -0.3 is 14.2 Å². The van der Waals surface area contributed by atoms with Crippen LogP contribution in [0.4, 0.5) is 0 Å². The summed E-state index contributed by atoms with van der Waals surface area (Å²) in [7, 11) is 0. The molecule has 0 fully saturated rings. The van der Waals surface area contributed by atoms with E-state index >= 15 is 0 Å². The Morgan fingerprint density at radius 3 is 2.00 bits per heavy atom. The zero-order valence-electron chi connectivity index (χ0n) is 11.7. The van der Waals surface area contributed by atoms with E-state index in [-0.39, 0.29) is 0 Å². The fraction of sp³-hybridized carbons (Fsp3) is 0.294. The zero-order valence-corrected chi connectivity index (χ0v) is 11.7. The predicted octanol–water partition coefficient (Wildman–Crippen LogP) is 3.93. The van der Waals surface area contributed by atoms with Crippen molar-refractivity contribution in [1.82, 2.24) is 0 Å². The fourth-order valence-electron chi connectivity index (χ4n) is 1.79. The summed E-state index contributed by atoms with van der Waals surface area (Å²) >= 11 is 0. The van der Waals surface area contributed by atoms with Crippen molar-refractivity contribution in [3.8, 4) is 17.2 Å². The highest BCUT2D eigenvalue weighted by Crippen LogP contribution is 2.26. The summed E-state index contributed by atoms with van der Waals surface area (Å²) < 4.78 is 16.8. The van der Waals surface area contributed by atoms with Crippen LogP contribution in [0.15, 0.2) is 54.6 Å². The van der Waals surface area contributed by atoms with Crippen LogP contribution in [0, 0.1) is 0 Å². The van der Waals surface area contributed by atoms with E-state index in [1.165, 1.54) is 0 Å². The summed E-state index contributed by atoms with van der Waals surface area (Å²) in [6.07, 6.45) is 0.829. The van der Waals surface area contributed by atoms with Crippen molar-refractivity contribution in [3.63, 3.8) is 0 Å². The van der Waals surface area contributed by atoms with Gasteiger partial charge >= 0.3 is 0 Å². The summed E-state index contributed by atoms with van der Waals surface area (Å²) in [4.78, 5) is 0. The molecule has 0 N–H and O–H groups in total. The Morgan fingerprint density at radius 1 is 0.700 bits per heavy atom. The summed E-state index contributed by atoms with van der Waals surface area (Å²) in [6.45, 7) is 3.85. The summed E-state index contributed by atoms with van der Waals surface area (Å²) in [5.41, 5.74) is 0. The number of rotatable bonds is 8. The van der Waals surface area contributed by atoms with Crippen molar-refractivity contribution in [3.05, 3.63) is 54.6 Å². The van der Waals surface area contributed by atoms with Gasteiger partial charge in [0.05, 0.1) is 19.8 Å². The van der Waals surface area contributed by atoms with E-state index in [2.05, 4.69) is 0 Å². The molecule has 0 atom stereocenters. The first kappa shape index (κ1) is 14.3. The average Bonchev–Trinajstić information content (AvgIpc) is 2.50. The lowest BCUT2D eigenvalue weighted by atomic mass is 10.3.